The van der Waals surface area contributed by atoms with Crippen LogP contribution in [-0.4, -0.2) is 46.9 Å². The van der Waals surface area contributed by atoms with Crippen molar-refractivity contribution < 1.29 is 24.5 Å². The smallest absolute Gasteiger partial charge is 0.306 e. The second-order valence-electron chi connectivity index (χ2n) is 15.8. The molecule has 0 radical (unpaired) electrons. The molecule has 6 nitrogen and oxygen atoms in total. The summed E-state index contributed by atoms with van der Waals surface area (Å²) < 4.78 is 5.87. The number of aliphatic hydroxyl groups is 2. The Balaban J connectivity index is 4.57. The molecule has 0 aromatic rings. The number of carbonyl (C=O) groups is 2. The zero-order valence-corrected chi connectivity index (χ0v) is 35.4. The molecule has 0 bridgehead atoms. The van der Waals surface area contributed by atoms with E-state index in [1.165, 1.54) is 122 Å². The van der Waals surface area contributed by atoms with E-state index < -0.39 is 18.2 Å². The zero-order chi connectivity index (χ0) is 38.9. The van der Waals surface area contributed by atoms with Gasteiger partial charge in [0.2, 0.25) is 5.91 Å². The number of nitrogens with one attached hydrogen (secondary N) is 1. The molecule has 312 valence electrons. The number of hydrogen-bond donors (Lipinski definition) is 3. The molecule has 0 aromatic heterocycles. The average Bonchev–Trinajstić information content (AvgIpc) is 3.15. The van der Waals surface area contributed by atoms with E-state index in [4.69, 9.17) is 4.74 Å². The number of unbranched alkanes of at least 4 members (excludes halogenated alkanes) is 25. The summed E-state index contributed by atoms with van der Waals surface area (Å²) in [5.74, 6) is -0.511. The predicted molar refractivity (Wildman–Crippen MR) is 227 cm³/mol. The number of allylic oxidation sites excluding steroid dienone is 4. The van der Waals surface area contributed by atoms with Gasteiger partial charge in [-0.05, 0) is 64.2 Å². The van der Waals surface area contributed by atoms with E-state index in [9.17, 15) is 19.8 Å². The van der Waals surface area contributed by atoms with Crippen molar-refractivity contribution in [3.8, 4) is 0 Å². The highest BCUT2D eigenvalue weighted by molar-refractivity contribution is 5.77. The van der Waals surface area contributed by atoms with Crippen molar-refractivity contribution in [2.45, 2.75) is 257 Å². The Hall–Kier alpha value is -1.66. The highest BCUT2D eigenvalue weighted by Crippen LogP contribution is 2.17. The number of ether oxygens (including phenoxy) is 1. The molecular weight excluding hydrogens is 659 g/mol. The van der Waals surface area contributed by atoms with Crippen molar-refractivity contribution in [2.24, 2.45) is 0 Å². The lowest BCUT2D eigenvalue weighted by Gasteiger charge is -2.24. The minimum absolute atomic E-state index is 0.0563. The van der Waals surface area contributed by atoms with Gasteiger partial charge in [0.25, 0.3) is 0 Å². The van der Waals surface area contributed by atoms with E-state index in [-0.39, 0.29) is 24.9 Å². The van der Waals surface area contributed by atoms with Gasteiger partial charge in [0.15, 0.2) is 0 Å². The van der Waals surface area contributed by atoms with Crippen LogP contribution in [-0.2, 0) is 14.3 Å². The Labute approximate surface area is 329 Å². The van der Waals surface area contributed by atoms with Crippen LogP contribution in [0.1, 0.15) is 239 Å². The van der Waals surface area contributed by atoms with Gasteiger partial charge in [-0.25, -0.2) is 0 Å². The first-order chi connectivity index (χ1) is 26.0. The van der Waals surface area contributed by atoms with E-state index in [0.29, 0.717) is 19.3 Å². The largest absolute Gasteiger partial charge is 0.462 e. The van der Waals surface area contributed by atoms with Crippen molar-refractivity contribution in [1.29, 1.82) is 0 Å². The van der Waals surface area contributed by atoms with Gasteiger partial charge >= 0.3 is 5.97 Å². The minimum Gasteiger partial charge on any atom is -0.462 e. The van der Waals surface area contributed by atoms with Gasteiger partial charge in [-0.3, -0.25) is 9.59 Å². The molecule has 3 unspecified atom stereocenters. The lowest BCUT2D eigenvalue weighted by molar-refractivity contribution is -0.151. The second kappa shape index (κ2) is 41.5. The summed E-state index contributed by atoms with van der Waals surface area (Å²) in [4.78, 5) is 25.9. The third-order valence-electron chi connectivity index (χ3n) is 10.5. The van der Waals surface area contributed by atoms with Crippen molar-refractivity contribution in [1.82, 2.24) is 5.32 Å². The maximum Gasteiger partial charge on any atom is 0.306 e. The van der Waals surface area contributed by atoms with Gasteiger partial charge in [-0.15, -0.1) is 0 Å². The first kappa shape index (κ1) is 51.3. The van der Waals surface area contributed by atoms with Crippen molar-refractivity contribution in [2.75, 3.05) is 6.61 Å². The predicted octanol–water partition coefficient (Wildman–Crippen LogP) is 13.2. The van der Waals surface area contributed by atoms with Crippen LogP contribution >= 0.6 is 0 Å². The van der Waals surface area contributed by atoms with E-state index in [2.05, 4.69) is 50.4 Å². The highest BCUT2D eigenvalue weighted by Gasteiger charge is 2.24. The first-order valence-electron chi connectivity index (χ1n) is 23.1. The summed E-state index contributed by atoms with van der Waals surface area (Å²) in [5.41, 5.74) is 0. The van der Waals surface area contributed by atoms with Gasteiger partial charge in [0.05, 0.1) is 25.2 Å². The Bertz CT molecular complexity index is 843. The molecule has 0 saturated carbocycles. The summed E-state index contributed by atoms with van der Waals surface area (Å²) in [6, 6.07) is -0.705. The minimum atomic E-state index is -0.790. The van der Waals surface area contributed by atoms with Gasteiger partial charge < -0.3 is 20.3 Å². The Morgan fingerprint density at radius 2 is 0.962 bits per heavy atom. The first-order valence-corrected chi connectivity index (χ1v) is 23.1. The average molecular weight is 748 g/mol. The molecule has 0 heterocycles. The summed E-state index contributed by atoms with van der Waals surface area (Å²) in [6.45, 7) is 6.39. The highest BCUT2D eigenvalue weighted by atomic mass is 16.5. The Kier molecular flexibility index (Phi) is 40.2. The lowest BCUT2D eigenvalue weighted by atomic mass is 10.0. The molecule has 0 aliphatic rings. The third-order valence-corrected chi connectivity index (χ3v) is 10.5. The van der Waals surface area contributed by atoms with Crippen molar-refractivity contribution in [3.05, 3.63) is 24.3 Å². The van der Waals surface area contributed by atoms with Gasteiger partial charge in [0, 0.05) is 6.42 Å². The standard InChI is InChI=1S/C47H89NO5/c1-4-7-10-13-16-19-22-23-25-27-30-33-36-39-45(50)44(42-49)48-46(51)41-43(38-35-32-29-26-24-20-17-14-11-8-5-2)53-47(52)40-37-34-31-28-21-18-15-12-9-6-3/h12,15,26,29,43-45,49-50H,4-11,13-14,16-25,27-28,30-42H2,1-3H3,(H,48,51)/b15-12-,29-26-. The Morgan fingerprint density at radius 1 is 0.528 bits per heavy atom. The topological polar surface area (TPSA) is 95.9 Å². The molecule has 0 aromatic carbocycles. The maximum atomic E-state index is 13.1. The fourth-order valence-electron chi connectivity index (χ4n) is 6.96. The number of esters is 1. The molecule has 0 saturated heterocycles. The van der Waals surface area contributed by atoms with Gasteiger partial charge in [-0.2, -0.15) is 0 Å². The van der Waals surface area contributed by atoms with E-state index in [1.54, 1.807) is 0 Å². The van der Waals surface area contributed by atoms with Gasteiger partial charge in [-0.1, -0.05) is 186 Å². The Morgan fingerprint density at radius 3 is 1.45 bits per heavy atom. The van der Waals surface area contributed by atoms with Crippen LogP contribution in [0.3, 0.4) is 0 Å². The molecule has 3 N–H and O–H groups in total. The third kappa shape index (κ3) is 37.1. The van der Waals surface area contributed by atoms with Crippen molar-refractivity contribution in [3.63, 3.8) is 0 Å². The summed E-state index contributed by atoms with van der Waals surface area (Å²) >= 11 is 0. The number of amides is 1. The quantitative estimate of drug-likeness (QED) is 0.0329. The van der Waals surface area contributed by atoms with Crippen LogP contribution in [0, 0.1) is 0 Å². The molecule has 0 fully saturated rings. The number of rotatable bonds is 41. The second-order valence-corrected chi connectivity index (χ2v) is 15.8. The van der Waals surface area contributed by atoms with Crippen LogP contribution in [0.15, 0.2) is 24.3 Å². The number of hydrogen-bond acceptors (Lipinski definition) is 5. The van der Waals surface area contributed by atoms with Gasteiger partial charge in [0.1, 0.15) is 6.10 Å². The van der Waals surface area contributed by atoms with Crippen LogP contribution in [0.25, 0.3) is 0 Å². The van der Waals surface area contributed by atoms with E-state index >= 15 is 0 Å². The van der Waals surface area contributed by atoms with E-state index in [1.807, 2.05) is 0 Å². The molecule has 0 aliphatic carbocycles. The molecule has 0 spiro atoms. The molecule has 0 rings (SSSR count). The zero-order valence-electron chi connectivity index (χ0n) is 35.4. The number of carbonyl (C=O) groups excluding carboxylic acids is 2. The number of aliphatic hydroxyl groups excluding tert-OH is 2. The van der Waals surface area contributed by atoms with E-state index in [0.717, 1.165) is 70.6 Å². The summed E-state index contributed by atoms with van der Waals surface area (Å²) in [6.07, 6.45) is 45.3. The molecule has 1 amide bonds. The molecule has 53 heavy (non-hydrogen) atoms. The van der Waals surface area contributed by atoms with Crippen LogP contribution in [0.5, 0.6) is 0 Å². The molecule has 3 atom stereocenters. The fourth-order valence-corrected chi connectivity index (χ4v) is 6.96. The molecular formula is C47H89NO5. The van der Waals surface area contributed by atoms with Crippen LogP contribution in [0.2, 0.25) is 0 Å². The normalized spacial score (nSPS) is 13.5. The lowest BCUT2D eigenvalue weighted by Crippen LogP contribution is -2.46. The van der Waals surface area contributed by atoms with Crippen LogP contribution in [0.4, 0.5) is 0 Å². The van der Waals surface area contributed by atoms with Crippen molar-refractivity contribution >= 4 is 11.9 Å². The molecule has 0 aliphatic heterocycles. The SMILES string of the molecule is CCC/C=C\CCCCCCCC(=O)OC(CCC/C=C\CCCCCCCC)CC(=O)NC(CO)C(O)CCCCCCCCCCCCCCC. The maximum absolute atomic E-state index is 13.1. The molecule has 6 heteroatoms. The fraction of sp³-hybridized carbons (Fsp3) is 0.872. The monoisotopic (exact) mass is 748 g/mol. The summed E-state index contributed by atoms with van der Waals surface area (Å²) in [7, 11) is 0. The summed E-state index contributed by atoms with van der Waals surface area (Å²) in [5, 5.41) is 23.6. The van der Waals surface area contributed by atoms with Crippen LogP contribution < -0.4 is 5.32 Å².